The lowest BCUT2D eigenvalue weighted by Crippen LogP contribution is -1.99. The van der Waals surface area contributed by atoms with E-state index in [-0.39, 0.29) is 11.1 Å². The van der Waals surface area contributed by atoms with Crippen molar-refractivity contribution in [2.24, 2.45) is 0 Å². The molecule has 88 valence electrons. The summed E-state index contributed by atoms with van der Waals surface area (Å²) in [4.78, 5) is 7.32. The van der Waals surface area contributed by atoms with Crippen LogP contribution in [0, 0.1) is 12.7 Å². The molecule has 0 unspecified atom stereocenters. The lowest BCUT2D eigenvalue weighted by atomic mass is 10.2. The van der Waals surface area contributed by atoms with E-state index < -0.39 is 5.82 Å². The quantitative estimate of drug-likeness (QED) is 0.848. The molecule has 0 amide bonds. The highest BCUT2D eigenvalue weighted by atomic mass is 79.9. The lowest BCUT2D eigenvalue weighted by Gasteiger charge is -2.07. The van der Waals surface area contributed by atoms with Gasteiger partial charge in [-0.25, -0.2) is 9.37 Å². The fourth-order valence-corrected chi connectivity index (χ4v) is 1.75. The van der Waals surface area contributed by atoms with Crippen molar-refractivity contribution >= 4 is 39.0 Å². The monoisotopic (exact) mass is 315 g/mol. The zero-order chi connectivity index (χ0) is 12.4. The topological polar surface area (TPSA) is 37.8 Å². The zero-order valence-corrected chi connectivity index (χ0v) is 11.2. The van der Waals surface area contributed by atoms with Gasteiger partial charge in [0, 0.05) is 10.2 Å². The van der Waals surface area contributed by atoms with Gasteiger partial charge < -0.3 is 5.32 Å². The number of hydrogen-bond donors (Lipinski definition) is 1. The molecule has 3 nitrogen and oxygen atoms in total. The highest BCUT2D eigenvalue weighted by Crippen LogP contribution is 2.24. The van der Waals surface area contributed by atoms with Crippen molar-refractivity contribution in [1.82, 2.24) is 9.97 Å². The summed E-state index contributed by atoms with van der Waals surface area (Å²) in [5.74, 6) is -0.494. The van der Waals surface area contributed by atoms with Crippen molar-refractivity contribution < 1.29 is 4.39 Å². The van der Waals surface area contributed by atoms with Gasteiger partial charge >= 0.3 is 0 Å². The van der Waals surface area contributed by atoms with Crippen LogP contribution >= 0.6 is 27.5 Å². The Kier molecular flexibility index (Phi) is 3.59. The molecule has 17 heavy (non-hydrogen) atoms. The molecule has 0 bridgehead atoms. The average molecular weight is 317 g/mol. The van der Waals surface area contributed by atoms with Gasteiger partial charge in [0.15, 0.2) is 11.6 Å². The Balaban J connectivity index is 2.31. The van der Waals surface area contributed by atoms with Gasteiger partial charge in [0.1, 0.15) is 0 Å². The minimum absolute atomic E-state index is 0.0000716. The van der Waals surface area contributed by atoms with Crippen molar-refractivity contribution in [2.75, 3.05) is 5.32 Å². The van der Waals surface area contributed by atoms with Crippen molar-refractivity contribution in [1.29, 1.82) is 0 Å². The van der Waals surface area contributed by atoms with E-state index in [0.29, 0.717) is 0 Å². The Bertz CT molecular complexity index is 562. The van der Waals surface area contributed by atoms with Gasteiger partial charge in [-0.15, -0.1) is 0 Å². The summed E-state index contributed by atoms with van der Waals surface area (Å²) in [5.41, 5.74) is 1.81. The summed E-state index contributed by atoms with van der Waals surface area (Å²) in [6, 6.07) is 5.58. The molecule has 0 atom stereocenters. The number of halogens is 3. The SMILES string of the molecule is Cc1ccc(Nc2nc(Cl)ncc2F)cc1Br. The number of nitrogens with zero attached hydrogens (tertiary/aromatic N) is 2. The molecule has 0 fully saturated rings. The third kappa shape index (κ3) is 2.92. The first kappa shape index (κ1) is 12.3. The van der Waals surface area contributed by atoms with Gasteiger partial charge in [0.05, 0.1) is 6.20 Å². The van der Waals surface area contributed by atoms with Crippen LogP contribution in [-0.4, -0.2) is 9.97 Å². The molecule has 6 heteroatoms. The second-order valence-electron chi connectivity index (χ2n) is 3.42. The molecule has 0 aliphatic carbocycles. The van der Waals surface area contributed by atoms with E-state index in [1.807, 2.05) is 25.1 Å². The number of benzene rings is 1. The van der Waals surface area contributed by atoms with E-state index in [9.17, 15) is 4.39 Å². The molecule has 2 rings (SSSR count). The minimum Gasteiger partial charge on any atom is -0.338 e. The molecule has 0 aliphatic heterocycles. The molecule has 1 aromatic heterocycles. The molecule has 0 saturated heterocycles. The van der Waals surface area contributed by atoms with Crippen LogP contribution in [0.2, 0.25) is 5.28 Å². The number of rotatable bonds is 2. The maximum absolute atomic E-state index is 13.4. The molecule has 0 radical (unpaired) electrons. The van der Waals surface area contributed by atoms with Crippen LogP contribution in [-0.2, 0) is 0 Å². The summed E-state index contributed by atoms with van der Waals surface area (Å²) in [6.07, 6.45) is 1.03. The Hall–Kier alpha value is -1.20. The van der Waals surface area contributed by atoms with Crippen LogP contribution in [0.4, 0.5) is 15.9 Å². The fourth-order valence-electron chi connectivity index (χ4n) is 1.24. The van der Waals surface area contributed by atoms with E-state index in [4.69, 9.17) is 11.6 Å². The van der Waals surface area contributed by atoms with Crippen LogP contribution in [0.25, 0.3) is 0 Å². The number of aromatic nitrogens is 2. The van der Waals surface area contributed by atoms with Crippen LogP contribution in [0.3, 0.4) is 0 Å². The maximum Gasteiger partial charge on any atom is 0.224 e. The zero-order valence-electron chi connectivity index (χ0n) is 8.84. The van der Waals surface area contributed by atoms with Gasteiger partial charge in [0.25, 0.3) is 0 Å². The predicted octanol–water partition coefficient (Wildman–Crippen LogP) is 4.08. The van der Waals surface area contributed by atoms with Crippen molar-refractivity contribution in [3.63, 3.8) is 0 Å². The van der Waals surface area contributed by atoms with Gasteiger partial charge in [-0.05, 0) is 36.2 Å². The summed E-state index contributed by atoms with van der Waals surface area (Å²) in [6.45, 7) is 1.97. The second kappa shape index (κ2) is 4.98. The molecule has 0 saturated carbocycles. The second-order valence-corrected chi connectivity index (χ2v) is 4.62. The highest BCUT2D eigenvalue weighted by Gasteiger charge is 2.06. The first-order valence-electron chi connectivity index (χ1n) is 4.77. The Morgan fingerprint density at radius 3 is 2.88 bits per heavy atom. The smallest absolute Gasteiger partial charge is 0.224 e. The Labute approximate surface area is 111 Å². The van der Waals surface area contributed by atoms with E-state index >= 15 is 0 Å². The summed E-state index contributed by atoms with van der Waals surface area (Å²) in [7, 11) is 0. The third-order valence-electron chi connectivity index (χ3n) is 2.15. The molecule has 0 aliphatic rings. The van der Waals surface area contributed by atoms with E-state index in [0.717, 1.165) is 21.9 Å². The van der Waals surface area contributed by atoms with Gasteiger partial charge in [-0.2, -0.15) is 4.98 Å². The third-order valence-corrected chi connectivity index (χ3v) is 3.19. The maximum atomic E-state index is 13.4. The molecule has 1 aromatic carbocycles. The minimum atomic E-state index is -0.550. The van der Waals surface area contributed by atoms with E-state index in [2.05, 4.69) is 31.2 Å². The summed E-state index contributed by atoms with van der Waals surface area (Å²) < 4.78 is 14.3. The standard InChI is InChI=1S/C11H8BrClFN3/c1-6-2-3-7(4-8(6)12)16-10-9(14)5-15-11(13)17-10/h2-5H,1H3,(H,15,16,17). The average Bonchev–Trinajstić information content (AvgIpc) is 2.29. The number of nitrogens with one attached hydrogen (secondary N) is 1. The fraction of sp³-hybridized carbons (Fsp3) is 0.0909. The predicted molar refractivity (Wildman–Crippen MR) is 69.2 cm³/mol. The van der Waals surface area contributed by atoms with Gasteiger partial charge in [0.2, 0.25) is 5.28 Å². The van der Waals surface area contributed by atoms with Crippen molar-refractivity contribution in [3.8, 4) is 0 Å². The van der Waals surface area contributed by atoms with Crippen LogP contribution in [0.5, 0.6) is 0 Å². The number of aryl methyl sites for hydroxylation is 1. The number of hydrogen-bond acceptors (Lipinski definition) is 3. The molecule has 2 aromatic rings. The number of anilines is 2. The van der Waals surface area contributed by atoms with Gasteiger partial charge in [-0.3, -0.25) is 0 Å². The molecule has 1 heterocycles. The highest BCUT2D eigenvalue weighted by molar-refractivity contribution is 9.10. The molecular formula is C11H8BrClFN3. The van der Waals surface area contributed by atoms with Crippen molar-refractivity contribution in [3.05, 3.63) is 45.5 Å². The van der Waals surface area contributed by atoms with Crippen LogP contribution in [0.15, 0.2) is 28.9 Å². The lowest BCUT2D eigenvalue weighted by molar-refractivity contribution is 0.619. The largest absolute Gasteiger partial charge is 0.338 e. The van der Waals surface area contributed by atoms with E-state index in [1.54, 1.807) is 0 Å². The molecular weight excluding hydrogens is 308 g/mol. The van der Waals surface area contributed by atoms with Crippen LogP contribution < -0.4 is 5.32 Å². The summed E-state index contributed by atoms with van der Waals surface area (Å²) in [5, 5.41) is 2.84. The van der Waals surface area contributed by atoms with E-state index in [1.165, 1.54) is 0 Å². The molecule has 0 spiro atoms. The Morgan fingerprint density at radius 1 is 1.41 bits per heavy atom. The van der Waals surface area contributed by atoms with Gasteiger partial charge in [-0.1, -0.05) is 22.0 Å². The normalized spacial score (nSPS) is 10.4. The first-order valence-corrected chi connectivity index (χ1v) is 5.94. The Morgan fingerprint density at radius 2 is 2.18 bits per heavy atom. The van der Waals surface area contributed by atoms with Crippen LogP contribution in [0.1, 0.15) is 5.56 Å². The van der Waals surface area contributed by atoms with Crippen molar-refractivity contribution in [2.45, 2.75) is 6.92 Å². The molecule has 1 N–H and O–H groups in total. The summed E-state index contributed by atoms with van der Waals surface area (Å²) >= 11 is 9.00. The first-order chi connectivity index (χ1) is 8.06.